The summed E-state index contributed by atoms with van der Waals surface area (Å²) in [6, 6.07) is 11.8. The van der Waals surface area contributed by atoms with Gasteiger partial charge in [-0.15, -0.1) is 5.54 Å². The Hall–Kier alpha value is -2.99. The lowest BCUT2D eigenvalue weighted by Crippen LogP contribution is -2.66. The molecule has 1 aromatic carbocycles. The van der Waals surface area contributed by atoms with Gasteiger partial charge in [0.2, 0.25) is 5.54 Å². The van der Waals surface area contributed by atoms with Gasteiger partial charge in [0, 0.05) is 6.42 Å². The van der Waals surface area contributed by atoms with Gasteiger partial charge in [-0.2, -0.15) is 5.01 Å². The van der Waals surface area contributed by atoms with Gasteiger partial charge in [0.25, 0.3) is 0 Å². The van der Waals surface area contributed by atoms with Crippen LogP contribution in [0.15, 0.2) is 30.3 Å². The van der Waals surface area contributed by atoms with E-state index < -0.39 is 49.6 Å². The number of nitrogens with zero attached hydrogens (tertiary/aromatic N) is 1. The van der Waals surface area contributed by atoms with Crippen LogP contribution in [0.1, 0.15) is 74.8 Å². The molecule has 8 nitrogen and oxygen atoms in total. The molecule has 212 valence electrons. The highest BCUT2D eigenvalue weighted by Crippen LogP contribution is 2.28. The zero-order chi connectivity index (χ0) is 29.1. The molecular formula is C29H46N2O6Si. The summed E-state index contributed by atoms with van der Waals surface area (Å²) in [5.74, 6) is 2.44. The van der Waals surface area contributed by atoms with Crippen molar-refractivity contribution in [2.24, 2.45) is 0 Å². The second-order valence-electron chi connectivity index (χ2n) is 10.9. The Balaban J connectivity index is 4.03. The van der Waals surface area contributed by atoms with E-state index in [4.69, 9.17) is 14.2 Å². The maximum absolute atomic E-state index is 14.2. The lowest BCUT2D eigenvalue weighted by molar-refractivity contribution is -0.166. The fourth-order valence-electron chi connectivity index (χ4n) is 3.78. The molecule has 1 N–H and O–H groups in total. The zero-order valence-electron chi connectivity index (χ0n) is 24.8. The third-order valence-electron chi connectivity index (χ3n) is 6.05. The van der Waals surface area contributed by atoms with Gasteiger partial charge >= 0.3 is 18.2 Å². The molecule has 1 atom stereocenters. The molecule has 1 rings (SSSR count). The Bertz CT molecular complexity index is 982. The van der Waals surface area contributed by atoms with Crippen molar-refractivity contribution in [2.45, 2.75) is 117 Å². The summed E-state index contributed by atoms with van der Waals surface area (Å²) in [5.41, 5.74) is 3.86. The van der Waals surface area contributed by atoms with Crippen molar-refractivity contribution >= 4 is 26.2 Å². The van der Waals surface area contributed by atoms with E-state index >= 15 is 0 Å². The Morgan fingerprint density at radius 3 is 1.89 bits per heavy atom. The van der Waals surface area contributed by atoms with Crippen molar-refractivity contribution in [2.75, 3.05) is 0 Å². The first-order chi connectivity index (χ1) is 17.6. The highest BCUT2D eigenvalue weighted by Gasteiger charge is 2.51. The van der Waals surface area contributed by atoms with Crippen molar-refractivity contribution in [1.82, 2.24) is 10.4 Å². The highest BCUT2D eigenvalue weighted by atomic mass is 28.3. The zero-order valence-corrected chi connectivity index (χ0v) is 25.8. The molecular weight excluding hydrogens is 500 g/mol. The minimum absolute atomic E-state index is 0.0352. The summed E-state index contributed by atoms with van der Waals surface area (Å²) >= 11 is 0. The first-order valence-corrected chi connectivity index (χ1v) is 16.1. The summed E-state index contributed by atoms with van der Waals surface area (Å²) in [5, 5.41) is 0.867. The second kappa shape index (κ2) is 14.2. The van der Waals surface area contributed by atoms with Gasteiger partial charge in [-0.25, -0.2) is 19.8 Å². The van der Waals surface area contributed by atoms with Crippen LogP contribution >= 0.6 is 0 Å². The number of hydrogen-bond acceptors (Lipinski definition) is 6. The Morgan fingerprint density at radius 1 is 0.921 bits per heavy atom. The summed E-state index contributed by atoms with van der Waals surface area (Å²) in [6.45, 7) is 18.3. The van der Waals surface area contributed by atoms with E-state index in [1.165, 1.54) is 0 Å². The molecule has 1 aromatic rings. The van der Waals surface area contributed by atoms with Crippen LogP contribution in [0.5, 0.6) is 0 Å². The molecule has 0 fully saturated rings. The van der Waals surface area contributed by atoms with Crippen LogP contribution in [0.2, 0.25) is 18.1 Å². The second-order valence-corrected chi connectivity index (χ2v) is 15.9. The SMILES string of the molecule is CC[Si](C#CC(Cc1ccccc1)(C(=O)OC(C)(C)C)N(NC(=O)OC(C)C)C(=O)OC(C)C)(CC)CC. The summed E-state index contributed by atoms with van der Waals surface area (Å²) in [6.07, 6.45) is -2.87. The molecule has 0 spiro atoms. The van der Waals surface area contributed by atoms with Crippen molar-refractivity contribution < 1.29 is 28.6 Å². The largest absolute Gasteiger partial charge is 0.457 e. The number of benzene rings is 1. The first kappa shape index (κ1) is 33.0. The van der Waals surface area contributed by atoms with Crippen molar-refractivity contribution in [3.05, 3.63) is 35.9 Å². The average molecular weight is 547 g/mol. The number of esters is 1. The Morgan fingerprint density at radius 2 is 1.45 bits per heavy atom. The van der Waals surface area contributed by atoms with Gasteiger partial charge in [0.1, 0.15) is 13.7 Å². The van der Waals surface area contributed by atoms with E-state index in [2.05, 4.69) is 37.7 Å². The molecule has 0 heterocycles. The molecule has 0 radical (unpaired) electrons. The predicted octanol–water partition coefficient (Wildman–Crippen LogP) is 6.26. The monoisotopic (exact) mass is 546 g/mol. The van der Waals surface area contributed by atoms with E-state index in [0.29, 0.717) is 0 Å². The van der Waals surface area contributed by atoms with Gasteiger partial charge in [0.15, 0.2) is 0 Å². The number of ether oxygens (including phenoxy) is 3. The minimum atomic E-state index is -2.12. The van der Waals surface area contributed by atoms with Gasteiger partial charge in [-0.05, 0) is 72.2 Å². The maximum Gasteiger partial charge on any atom is 0.431 e. The number of carbonyl (C=O) groups is 3. The van der Waals surface area contributed by atoms with Crippen LogP contribution in [0.3, 0.4) is 0 Å². The summed E-state index contributed by atoms with van der Waals surface area (Å²) in [7, 11) is -2.12. The van der Waals surface area contributed by atoms with E-state index in [-0.39, 0.29) is 6.42 Å². The van der Waals surface area contributed by atoms with E-state index in [0.717, 1.165) is 28.7 Å². The molecule has 38 heavy (non-hydrogen) atoms. The van der Waals surface area contributed by atoms with Gasteiger partial charge in [0.05, 0.1) is 12.2 Å². The Labute approximate surface area is 229 Å². The Kier molecular flexibility index (Phi) is 12.4. The molecule has 2 amide bonds. The number of amides is 2. The average Bonchev–Trinajstić information content (AvgIpc) is 2.81. The quantitative estimate of drug-likeness (QED) is 0.129. The fraction of sp³-hybridized carbons (Fsp3) is 0.621. The van der Waals surface area contributed by atoms with Crippen molar-refractivity contribution in [3.8, 4) is 11.5 Å². The lowest BCUT2D eigenvalue weighted by atomic mass is 9.90. The van der Waals surface area contributed by atoms with Gasteiger partial charge in [-0.1, -0.05) is 57.0 Å². The van der Waals surface area contributed by atoms with Crippen LogP contribution < -0.4 is 5.43 Å². The maximum atomic E-state index is 14.2. The van der Waals surface area contributed by atoms with Crippen molar-refractivity contribution in [3.63, 3.8) is 0 Å². The lowest BCUT2D eigenvalue weighted by Gasteiger charge is -2.39. The molecule has 0 saturated heterocycles. The molecule has 0 aliphatic rings. The third-order valence-corrected chi connectivity index (χ3v) is 10.8. The van der Waals surface area contributed by atoms with E-state index in [9.17, 15) is 14.4 Å². The molecule has 0 saturated carbocycles. The van der Waals surface area contributed by atoms with Crippen LogP contribution in [0, 0.1) is 11.5 Å². The third kappa shape index (κ3) is 9.71. The molecule has 0 aliphatic heterocycles. The topological polar surface area (TPSA) is 94.2 Å². The van der Waals surface area contributed by atoms with E-state index in [1.807, 2.05) is 30.3 Å². The number of hydrazine groups is 1. The molecule has 0 aliphatic carbocycles. The number of rotatable bonds is 9. The molecule has 0 bridgehead atoms. The number of nitrogens with one attached hydrogen (secondary N) is 1. The molecule has 0 aromatic heterocycles. The molecule has 9 heteroatoms. The van der Waals surface area contributed by atoms with Crippen LogP contribution in [-0.2, 0) is 25.4 Å². The predicted molar refractivity (Wildman–Crippen MR) is 152 cm³/mol. The minimum Gasteiger partial charge on any atom is -0.457 e. The van der Waals surface area contributed by atoms with Crippen LogP contribution in [0.25, 0.3) is 0 Å². The normalized spacial score (nSPS) is 13.2. The number of carbonyl (C=O) groups excluding carboxylic acids is 3. The smallest absolute Gasteiger partial charge is 0.431 e. The summed E-state index contributed by atoms with van der Waals surface area (Å²) < 4.78 is 16.7. The fourth-order valence-corrected chi connectivity index (χ4v) is 6.28. The van der Waals surface area contributed by atoms with E-state index in [1.54, 1.807) is 48.5 Å². The van der Waals surface area contributed by atoms with Crippen LogP contribution in [-0.4, -0.2) is 54.6 Å². The highest BCUT2D eigenvalue weighted by molar-refractivity contribution is 6.87. The van der Waals surface area contributed by atoms with Gasteiger partial charge < -0.3 is 14.2 Å². The first-order valence-electron chi connectivity index (χ1n) is 13.4. The standard InChI is InChI=1S/C29H46N2O6Si/c1-11-38(12-2,13-3)20-19-29(25(32)37-28(8,9)10,21-24-17-15-14-16-18-24)31(27(34)36-23(6)7)30-26(33)35-22(4)5/h14-18,22-23H,11-13,21H2,1-10H3,(H,30,33). The number of hydrogen-bond donors (Lipinski definition) is 1. The van der Waals surface area contributed by atoms with Crippen LogP contribution in [0.4, 0.5) is 9.59 Å². The summed E-state index contributed by atoms with van der Waals surface area (Å²) in [4.78, 5) is 40.6. The molecule has 1 unspecified atom stereocenters. The van der Waals surface area contributed by atoms with Crippen molar-refractivity contribution in [1.29, 1.82) is 0 Å². The van der Waals surface area contributed by atoms with Gasteiger partial charge in [-0.3, -0.25) is 0 Å².